The largest absolute Gasteiger partial charge is 0.309 e. The highest BCUT2D eigenvalue weighted by atomic mass is 28.3. The summed E-state index contributed by atoms with van der Waals surface area (Å²) in [7, 11) is -4.13. The van der Waals surface area contributed by atoms with Crippen molar-refractivity contribution < 1.29 is 0 Å². The Hall–Kier alpha value is -8.03. The fourth-order valence-electron chi connectivity index (χ4n) is 12.2. The average molecular weight is 985 g/mol. The van der Waals surface area contributed by atoms with Gasteiger partial charge >= 0.3 is 0 Å². The first-order valence-electron chi connectivity index (χ1n) is 26.3. The zero-order valence-electron chi connectivity index (χ0n) is 43.4. The highest BCUT2D eigenvalue weighted by molar-refractivity contribution is 7.01. The smallest absolute Gasteiger partial charge is 0.112 e. The van der Waals surface area contributed by atoms with Crippen molar-refractivity contribution in [1.29, 1.82) is 0 Å². The van der Waals surface area contributed by atoms with Gasteiger partial charge in [0, 0.05) is 32.9 Å². The van der Waals surface area contributed by atoms with E-state index in [-0.39, 0.29) is 5.41 Å². The quantitative estimate of drug-likeness (QED) is 0.106. The van der Waals surface area contributed by atoms with Gasteiger partial charge in [-0.2, -0.15) is 0 Å². The van der Waals surface area contributed by atoms with Gasteiger partial charge in [0.05, 0.1) is 22.1 Å². The molecule has 0 aliphatic rings. The predicted octanol–water partition coefficient (Wildman–Crippen LogP) is 16.5. The van der Waals surface area contributed by atoms with Gasteiger partial charge < -0.3 is 9.13 Å². The van der Waals surface area contributed by atoms with E-state index in [0.717, 1.165) is 0 Å². The summed E-state index contributed by atoms with van der Waals surface area (Å²) >= 11 is 0. The lowest BCUT2D eigenvalue weighted by Gasteiger charge is -2.26. The summed E-state index contributed by atoms with van der Waals surface area (Å²) in [6, 6.07) is 89.5. The van der Waals surface area contributed by atoms with Gasteiger partial charge in [-0.3, -0.25) is 0 Å². The molecule has 13 rings (SSSR count). The molecule has 13 aromatic rings. The van der Waals surface area contributed by atoms with Gasteiger partial charge in [0.15, 0.2) is 0 Å². The Balaban J connectivity index is 0.851. The van der Waals surface area contributed by atoms with Crippen LogP contribution in [0.15, 0.2) is 237 Å². The number of rotatable bonds is 8. The van der Waals surface area contributed by atoms with E-state index >= 15 is 0 Å². The molecular weight excluding hydrogens is 925 g/mol. The number of para-hydroxylation sites is 4. The van der Waals surface area contributed by atoms with Gasteiger partial charge in [0.25, 0.3) is 0 Å². The SMILES string of the molecule is CC(C)(C)c1ccc2c(-c3ccc([Si](C)(C)c4ccc(-n5c6ccccc6c6ccccc65)cc4)cc3)c3ccccc3c(-c3ccc([Si](C)(C)c4ccc(-n5c6ccccc6c6ccccc65)cc4)cc3)c2c1. The van der Waals surface area contributed by atoms with Gasteiger partial charge in [-0.25, -0.2) is 0 Å². The Kier molecular flexibility index (Phi) is 10.7. The zero-order valence-corrected chi connectivity index (χ0v) is 45.4. The lowest BCUT2D eigenvalue weighted by atomic mass is 9.81. The standard InChI is InChI=1S/C70H60N2Si2/c1-70(2,3)49-32-45-62-63(46-49)69(48-30-39-53(40-31-48)74(6,7)55-43-35-51(36-44-55)72-66-26-16-12-20-58(66)59-21-13-17-27-67(59)72)61-23-9-8-22-60(61)68(62)47-28-37-52(38-29-47)73(4,5)54-41-33-50(34-42-54)71-64-24-14-10-18-56(64)57-19-11-15-25-65(57)71/h8-46H,1-7H3. The monoisotopic (exact) mass is 984 g/mol. The number of aromatic nitrogens is 2. The molecule has 0 bridgehead atoms. The number of benzene rings is 11. The Bertz CT molecular complexity index is 4190. The lowest BCUT2D eigenvalue weighted by Crippen LogP contribution is -2.52. The molecule has 0 radical (unpaired) electrons. The van der Waals surface area contributed by atoms with Gasteiger partial charge in [-0.1, -0.05) is 250 Å². The molecule has 0 unspecified atom stereocenters. The molecule has 0 amide bonds. The van der Waals surface area contributed by atoms with Crippen LogP contribution in [-0.2, 0) is 5.41 Å². The van der Waals surface area contributed by atoms with Crippen molar-refractivity contribution in [2.45, 2.75) is 52.4 Å². The van der Waals surface area contributed by atoms with E-state index < -0.39 is 16.1 Å². The number of hydrogen-bond donors (Lipinski definition) is 0. The summed E-state index contributed by atoms with van der Waals surface area (Å²) in [5, 5.41) is 16.0. The Morgan fingerprint density at radius 1 is 0.284 bits per heavy atom. The van der Waals surface area contributed by atoms with Gasteiger partial charge in [0.1, 0.15) is 16.1 Å². The first-order valence-corrected chi connectivity index (χ1v) is 32.3. The van der Waals surface area contributed by atoms with Gasteiger partial charge in [0.2, 0.25) is 0 Å². The van der Waals surface area contributed by atoms with Crippen LogP contribution in [0.25, 0.3) is 98.8 Å². The predicted molar refractivity (Wildman–Crippen MR) is 326 cm³/mol. The molecule has 2 heterocycles. The van der Waals surface area contributed by atoms with Crippen molar-refractivity contribution in [2.75, 3.05) is 0 Å². The maximum Gasteiger partial charge on any atom is 0.112 e. The molecule has 0 saturated carbocycles. The third kappa shape index (κ3) is 7.34. The fourth-order valence-corrected chi connectivity index (χ4v) is 16.8. The molecule has 4 heteroatoms. The third-order valence-corrected chi connectivity index (χ3v) is 23.6. The number of fused-ring (bicyclic) bond motifs is 8. The third-order valence-electron chi connectivity index (χ3n) is 16.5. The highest BCUT2D eigenvalue weighted by Gasteiger charge is 2.29. The molecule has 0 atom stereocenters. The summed E-state index contributed by atoms with van der Waals surface area (Å²) in [4.78, 5) is 0. The molecule has 0 N–H and O–H groups in total. The molecule has 0 spiro atoms. The second-order valence-electron chi connectivity index (χ2n) is 22.5. The van der Waals surface area contributed by atoms with Crippen LogP contribution in [0.1, 0.15) is 26.3 Å². The molecule has 358 valence electrons. The Labute approximate surface area is 436 Å². The topological polar surface area (TPSA) is 9.86 Å². The molecular formula is C70H60N2Si2. The Morgan fingerprint density at radius 2 is 0.568 bits per heavy atom. The molecule has 11 aromatic carbocycles. The molecule has 0 fully saturated rings. The van der Waals surface area contributed by atoms with E-state index in [1.54, 1.807) is 0 Å². The minimum absolute atomic E-state index is 0.00659. The maximum atomic E-state index is 2.49. The summed E-state index contributed by atoms with van der Waals surface area (Å²) in [6.45, 7) is 16.9. The van der Waals surface area contributed by atoms with Crippen LogP contribution in [0.4, 0.5) is 0 Å². The second-order valence-corrected chi connectivity index (χ2v) is 31.4. The van der Waals surface area contributed by atoms with E-state index in [1.165, 1.54) is 125 Å². The van der Waals surface area contributed by atoms with Crippen molar-refractivity contribution in [3.05, 3.63) is 242 Å². The van der Waals surface area contributed by atoms with E-state index in [2.05, 4.69) is 293 Å². The maximum absolute atomic E-state index is 2.49. The van der Waals surface area contributed by atoms with E-state index in [9.17, 15) is 0 Å². The minimum atomic E-state index is -2.07. The summed E-state index contributed by atoms with van der Waals surface area (Å²) in [5.74, 6) is 0. The van der Waals surface area contributed by atoms with Crippen molar-refractivity contribution >= 4 is 102 Å². The fraction of sp³-hybridized carbons (Fsp3) is 0.114. The van der Waals surface area contributed by atoms with Crippen LogP contribution < -0.4 is 20.7 Å². The first-order chi connectivity index (χ1) is 35.9. The lowest BCUT2D eigenvalue weighted by molar-refractivity contribution is 0.591. The van der Waals surface area contributed by atoms with E-state index in [0.29, 0.717) is 0 Å². The summed E-state index contributed by atoms with van der Waals surface area (Å²) in [6.07, 6.45) is 0. The number of nitrogens with zero attached hydrogens (tertiary/aromatic N) is 2. The molecule has 2 aromatic heterocycles. The highest BCUT2D eigenvalue weighted by Crippen LogP contribution is 2.45. The molecule has 2 nitrogen and oxygen atoms in total. The average Bonchev–Trinajstić information content (AvgIpc) is 3.95. The van der Waals surface area contributed by atoms with Crippen LogP contribution in [0.5, 0.6) is 0 Å². The van der Waals surface area contributed by atoms with Crippen LogP contribution in [0, 0.1) is 0 Å². The first kappa shape index (κ1) is 45.8. The van der Waals surface area contributed by atoms with Crippen LogP contribution in [0.2, 0.25) is 26.2 Å². The summed E-state index contributed by atoms with van der Waals surface area (Å²) < 4.78 is 4.82. The van der Waals surface area contributed by atoms with Crippen LogP contribution in [0.3, 0.4) is 0 Å². The van der Waals surface area contributed by atoms with Gasteiger partial charge in [-0.15, -0.1) is 0 Å². The van der Waals surface area contributed by atoms with Crippen molar-refractivity contribution in [3.63, 3.8) is 0 Å². The van der Waals surface area contributed by atoms with E-state index in [4.69, 9.17) is 0 Å². The van der Waals surface area contributed by atoms with Crippen molar-refractivity contribution in [2.24, 2.45) is 0 Å². The number of hydrogen-bond acceptors (Lipinski definition) is 0. The Morgan fingerprint density at radius 3 is 0.905 bits per heavy atom. The molecule has 0 saturated heterocycles. The van der Waals surface area contributed by atoms with Crippen molar-refractivity contribution in [3.8, 4) is 33.6 Å². The van der Waals surface area contributed by atoms with E-state index in [1.807, 2.05) is 0 Å². The normalized spacial score (nSPS) is 12.5. The molecule has 74 heavy (non-hydrogen) atoms. The second kappa shape index (κ2) is 17.3. The van der Waals surface area contributed by atoms with Crippen molar-refractivity contribution in [1.82, 2.24) is 9.13 Å². The molecule has 0 aliphatic heterocycles. The minimum Gasteiger partial charge on any atom is -0.309 e. The van der Waals surface area contributed by atoms with Crippen LogP contribution >= 0.6 is 0 Å². The summed E-state index contributed by atoms with van der Waals surface area (Å²) in [5.41, 5.74) is 13.8. The van der Waals surface area contributed by atoms with Gasteiger partial charge in [-0.05, 0) is 109 Å². The van der Waals surface area contributed by atoms with Crippen LogP contribution in [-0.4, -0.2) is 25.3 Å². The molecule has 0 aliphatic carbocycles. The zero-order chi connectivity index (χ0) is 50.5.